The molecule has 1 aliphatic rings. The third-order valence-electron chi connectivity index (χ3n) is 2.72. The second kappa shape index (κ2) is 7.12. The van der Waals surface area contributed by atoms with Crippen molar-refractivity contribution in [3.05, 3.63) is 0 Å². The van der Waals surface area contributed by atoms with Gasteiger partial charge < -0.3 is 10.0 Å². The van der Waals surface area contributed by atoms with Gasteiger partial charge in [0.25, 0.3) is 0 Å². The van der Waals surface area contributed by atoms with E-state index in [0.717, 1.165) is 13.0 Å². The van der Waals surface area contributed by atoms with Crippen LogP contribution < -0.4 is 0 Å². The summed E-state index contributed by atoms with van der Waals surface area (Å²) in [6.45, 7) is 1.37. The lowest BCUT2D eigenvalue weighted by Crippen LogP contribution is -2.26. The van der Waals surface area contributed by atoms with Crippen LogP contribution in [-0.2, 0) is 4.79 Å². The number of hydrogen-bond donors (Lipinski definition) is 1. The quantitative estimate of drug-likeness (QED) is 0.675. The van der Waals surface area contributed by atoms with E-state index in [1.54, 1.807) is 4.90 Å². The Morgan fingerprint density at radius 2 is 2.13 bits per heavy atom. The number of amides is 1. The minimum Gasteiger partial charge on any atom is -0.391 e. The number of carbonyl (C=O) groups excluding carboxylic acids is 1. The van der Waals surface area contributed by atoms with Gasteiger partial charge in [-0.25, -0.2) is 0 Å². The van der Waals surface area contributed by atoms with Crippen LogP contribution in [0.3, 0.4) is 0 Å². The van der Waals surface area contributed by atoms with E-state index in [4.69, 9.17) is 0 Å². The van der Waals surface area contributed by atoms with Crippen molar-refractivity contribution in [3.63, 3.8) is 0 Å². The Morgan fingerprint density at radius 3 is 2.73 bits per heavy atom. The number of likely N-dealkylation sites (tertiary alicyclic amines) is 1. The molecule has 15 heavy (non-hydrogen) atoms. The molecule has 0 radical (unpaired) electrons. The molecule has 1 atom stereocenters. The summed E-state index contributed by atoms with van der Waals surface area (Å²) in [5.41, 5.74) is 0. The highest BCUT2D eigenvalue weighted by Gasteiger charge is 2.26. The maximum Gasteiger partial charge on any atom is 0.225 e. The molecule has 1 rings (SSSR count). The second-order valence-corrected chi connectivity index (χ2v) is 5.09. The van der Waals surface area contributed by atoms with Gasteiger partial charge in [0, 0.05) is 13.1 Å². The normalized spacial score (nSPS) is 21.3. The molecule has 1 unspecified atom stereocenters. The molecule has 0 aromatic carbocycles. The molecule has 1 amide bonds. The van der Waals surface area contributed by atoms with Gasteiger partial charge in [0.05, 0.1) is 12.5 Å². The number of aliphatic hydroxyl groups excluding tert-OH is 1. The Hall–Kier alpha value is -0.220. The van der Waals surface area contributed by atoms with Crippen molar-refractivity contribution in [2.45, 2.75) is 38.2 Å². The lowest BCUT2D eigenvalue weighted by Gasteiger charge is -2.15. The molecule has 0 spiro atoms. The van der Waals surface area contributed by atoms with Gasteiger partial charge in [-0.3, -0.25) is 4.79 Å². The van der Waals surface area contributed by atoms with Crippen LogP contribution in [0.25, 0.3) is 0 Å². The molecule has 0 aromatic heterocycles. The second-order valence-electron chi connectivity index (χ2n) is 4.10. The van der Waals surface area contributed by atoms with Gasteiger partial charge in [-0.15, -0.1) is 0 Å². The van der Waals surface area contributed by atoms with Crippen LogP contribution >= 0.6 is 11.8 Å². The summed E-state index contributed by atoms with van der Waals surface area (Å²) in [5.74, 6) is 1.35. The van der Waals surface area contributed by atoms with E-state index >= 15 is 0 Å². The smallest absolute Gasteiger partial charge is 0.225 e. The lowest BCUT2D eigenvalue weighted by atomic mass is 10.2. The molecular weight excluding hydrogens is 210 g/mol. The Labute approximate surface area is 96.2 Å². The van der Waals surface area contributed by atoms with E-state index in [-0.39, 0.29) is 5.91 Å². The number of unbranched alkanes of at least 4 members (excludes halogenated alkanes) is 3. The van der Waals surface area contributed by atoms with Crippen LogP contribution in [0.15, 0.2) is 0 Å². The predicted octanol–water partition coefficient (Wildman–Crippen LogP) is 1.50. The first-order valence-electron chi connectivity index (χ1n) is 5.69. The summed E-state index contributed by atoms with van der Waals surface area (Å²) in [6, 6.07) is 0. The van der Waals surface area contributed by atoms with Crippen molar-refractivity contribution in [3.8, 4) is 0 Å². The molecule has 0 bridgehead atoms. The van der Waals surface area contributed by atoms with Crippen molar-refractivity contribution < 1.29 is 9.90 Å². The van der Waals surface area contributed by atoms with E-state index in [1.807, 2.05) is 11.8 Å². The largest absolute Gasteiger partial charge is 0.391 e. The molecule has 1 N–H and O–H groups in total. The maximum absolute atomic E-state index is 11.3. The maximum atomic E-state index is 11.3. The topological polar surface area (TPSA) is 40.5 Å². The number of rotatable bonds is 7. The molecule has 0 aromatic rings. The summed E-state index contributed by atoms with van der Waals surface area (Å²) in [4.78, 5) is 13.1. The fourth-order valence-electron chi connectivity index (χ4n) is 1.87. The third kappa shape index (κ3) is 4.89. The first-order chi connectivity index (χ1) is 7.24. The Morgan fingerprint density at radius 1 is 1.40 bits per heavy atom. The number of hydrogen-bond acceptors (Lipinski definition) is 3. The third-order valence-corrected chi connectivity index (χ3v) is 3.42. The van der Waals surface area contributed by atoms with Gasteiger partial charge in [0.15, 0.2) is 0 Å². The molecule has 4 heteroatoms. The van der Waals surface area contributed by atoms with Crippen LogP contribution in [-0.4, -0.2) is 47.1 Å². The number of β-amino-alcohol motifs (C(OH)–C–C–N with tert-alkyl or cyclic N) is 1. The average Bonchev–Trinajstić information content (AvgIpc) is 2.51. The number of thioether (sulfide) groups is 1. The summed E-state index contributed by atoms with van der Waals surface area (Å²) >= 11 is 1.89. The van der Waals surface area contributed by atoms with E-state index in [2.05, 4.69) is 6.26 Å². The van der Waals surface area contributed by atoms with Crippen molar-refractivity contribution >= 4 is 17.7 Å². The van der Waals surface area contributed by atoms with Crippen LogP contribution in [0.1, 0.15) is 32.1 Å². The van der Waals surface area contributed by atoms with Crippen LogP contribution in [0.4, 0.5) is 0 Å². The molecule has 3 nitrogen and oxygen atoms in total. The van der Waals surface area contributed by atoms with Crippen LogP contribution in [0, 0.1) is 0 Å². The molecule has 1 heterocycles. The van der Waals surface area contributed by atoms with Gasteiger partial charge in [0.2, 0.25) is 5.91 Å². The summed E-state index contributed by atoms with van der Waals surface area (Å²) in [5, 5.41) is 9.28. The van der Waals surface area contributed by atoms with E-state index < -0.39 is 6.10 Å². The fourth-order valence-corrected chi connectivity index (χ4v) is 2.36. The van der Waals surface area contributed by atoms with Gasteiger partial charge in [0.1, 0.15) is 0 Å². The van der Waals surface area contributed by atoms with E-state index in [1.165, 1.54) is 25.0 Å². The first kappa shape index (κ1) is 12.8. The highest BCUT2D eigenvalue weighted by atomic mass is 32.2. The van der Waals surface area contributed by atoms with Crippen molar-refractivity contribution in [1.29, 1.82) is 0 Å². The Balaban J connectivity index is 1.98. The molecule has 0 saturated carbocycles. The van der Waals surface area contributed by atoms with Crippen LogP contribution in [0.2, 0.25) is 0 Å². The molecule has 0 aliphatic carbocycles. The Bertz CT molecular complexity index is 199. The zero-order chi connectivity index (χ0) is 11.1. The zero-order valence-corrected chi connectivity index (χ0v) is 10.3. The number of nitrogens with zero attached hydrogens (tertiary/aromatic N) is 1. The summed E-state index contributed by atoms with van der Waals surface area (Å²) in [6.07, 6.45) is 6.83. The first-order valence-corrected chi connectivity index (χ1v) is 7.08. The predicted molar refractivity (Wildman–Crippen MR) is 64.1 cm³/mol. The monoisotopic (exact) mass is 231 g/mol. The van der Waals surface area contributed by atoms with E-state index in [9.17, 15) is 9.90 Å². The standard InChI is InChI=1S/C11H21NO2S/c1-15-7-5-3-2-4-6-12-9-10(13)8-11(12)14/h10,13H,2-9H2,1H3. The van der Waals surface area contributed by atoms with Crippen molar-refractivity contribution in [1.82, 2.24) is 4.90 Å². The molecular formula is C11H21NO2S. The summed E-state index contributed by atoms with van der Waals surface area (Å²) < 4.78 is 0. The van der Waals surface area contributed by atoms with Crippen molar-refractivity contribution in [2.24, 2.45) is 0 Å². The highest BCUT2D eigenvalue weighted by Crippen LogP contribution is 2.12. The molecule has 1 fully saturated rings. The molecule has 1 saturated heterocycles. The lowest BCUT2D eigenvalue weighted by molar-refractivity contribution is -0.127. The van der Waals surface area contributed by atoms with Gasteiger partial charge in [-0.1, -0.05) is 12.8 Å². The molecule has 1 aliphatic heterocycles. The van der Waals surface area contributed by atoms with Crippen LogP contribution in [0.5, 0.6) is 0 Å². The molecule has 88 valence electrons. The van der Waals surface area contributed by atoms with Gasteiger partial charge in [-0.05, 0) is 24.9 Å². The van der Waals surface area contributed by atoms with E-state index in [0.29, 0.717) is 13.0 Å². The highest BCUT2D eigenvalue weighted by molar-refractivity contribution is 7.98. The van der Waals surface area contributed by atoms with Crippen molar-refractivity contribution in [2.75, 3.05) is 25.1 Å². The SMILES string of the molecule is CSCCCCCCN1CC(O)CC1=O. The summed E-state index contributed by atoms with van der Waals surface area (Å²) in [7, 11) is 0. The average molecular weight is 231 g/mol. The minimum absolute atomic E-state index is 0.117. The number of aliphatic hydroxyl groups is 1. The van der Waals surface area contributed by atoms with Gasteiger partial charge in [-0.2, -0.15) is 11.8 Å². The van der Waals surface area contributed by atoms with Gasteiger partial charge >= 0.3 is 0 Å². The minimum atomic E-state index is -0.422. The zero-order valence-electron chi connectivity index (χ0n) is 9.45. The fraction of sp³-hybridized carbons (Fsp3) is 0.909. The Kier molecular flexibility index (Phi) is 6.10. The number of carbonyl (C=O) groups is 1.